The molecule has 2 aliphatic carbocycles. The first-order chi connectivity index (χ1) is 15.6. The van der Waals surface area contributed by atoms with Crippen LogP contribution >= 0.6 is 0 Å². The topological polar surface area (TPSA) is 123 Å². The number of nitrogens with zero attached hydrogens (tertiary/aromatic N) is 7. The Morgan fingerprint density at radius 2 is 1.34 bits per heavy atom. The fourth-order valence-electron chi connectivity index (χ4n) is 3.98. The first-order valence-corrected chi connectivity index (χ1v) is 9.14. The van der Waals surface area contributed by atoms with Crippen molar-refractivity contribution in [3.63, 3.8) is 0 Å². The van der Waals surface area contributed by atoms with E-state index < -0.39 is 11.9 Å². The van der Waals surface area contributed by atoms with Crippen molar-refractivity contribution in [3.8, 4) is 29.6 Å². The first-order valence-electron chi connectivity index (χ1n) is 9.14. The van der Waals surface area contributed by atoms with Gasteiger partial charge in [0.25, 0.3) is 11.9 Å². The van der Waals surface area contributed by atoms with E-state index in [1.165, 1.54) is 0 Å². The number of halogens is 2. The van der Waals surface area contributed by atoms with Crippen LogP contribution in [0.2, 0.25) is 0 Å². The zero-order valence-electron chi connectivity index (χ0n) is 15.9. The fraction of sp³-hybridized carbons (Fsp3) is 0. The van der Waals surface area contributed by atoms with Crippen molar-refractivity contribution in [2.24, 2.45) is 0 Å². The largest absolute Gasteiger partial charge is 0.269 e. The molecule has 3 aromatic heterocycles. The van der Waals surface area contributed by atoms with Crippen LogP contribution in [0, 0.1) is 45.9 Å². The summed E-state index contributed by atoms with van der Waals surface area (Å²) in [6, 6.07) is 12.4. The molecule has 148 valence electrons. The van der Waals surface area contributed by atoms with Gasteiger partial charge < -0.3 is 0 Å². The second-order valence-electron chi connectivity index (χ2n) is 6.71. The Morgan fingerprint density at radius 3 is 1.88 bits per heavy atom. The van der Waals surface area contributed by atoms with Crippen LogP contribution in [0.15, 0.2) is 53.9 Å². The lowest BCUT2D eigenvalue weighted by molar-refractivity contribution is 0.450. The van der Waals surface area contributed by atoms with Gasteiger partial charge in [0.15, 0.2) is 0 Å². The van der Waals surface area contributed by atoms with Crippen LogP contribution in [-0.4, -0.2) is 19.9 Å². The van der Waals surface area contributed by atoms with Crippen LogP contribution in [0.3, 0.4) is 0 Å². The minimum absolute atomic E-state index is 0.0283. The van der Waals surface area contributed by atoms with E-state index in [1.54, 1.807) is 48.8 Å². The summed E-state index contributed by atoms with van der Waals surface area (Å²) < 4.78 is 28.1. The highest BCUT2D eigenvalue weighted by Gasteiger charge is 2.39. The molecule has 0 saturated heterocycles. The maximum absolute atomic E-state index is 14.1. The SMILES string of the molecule is N#C/C=C1/C(=C2c3cccnc3-c3ncccc32)C(=C(C#N)C#N)c2nc(F)c(F)nc21. The monoisotopic (exact) mass is 419 g/mol. The number of nitriles is 3. The van der Waals surface area contributed by atoms with E-state index in [0.717, 1.165) is 6.08 Å². The molecule has 3 heterocycles. The Hall–Kier alpha value is -5.07. The summed E-state index contributed by atoms with van der Waals surface area (Å²) in [5.74, 6) is -2.93. The van der Waals surface area contributed by atoms with Gasteiger partial charge in [0, 0.05) is 51.9 Å². The van der Waals surface area contributed by atoms with Gasteiger partial charge in [0.05, 0.1) is 17.5 Å². The Morgan fingerprint density at radius 1 is 0.781 bits per heavy atom. The molecule has 0 atom stereocenters. The number of hydrogen-bond donors (Lipinski definition) is 0. The first kappa shape index (κ1) is 18.9. The van der Waals surface area contributed by atoms with E-state index in [-0.39, 0.29) is 33.7 Å². The predicted molar refractivity (Wildman–Crippen MR) is 107 cm³/mol. The van der Waals surface area contributed by atoms with E-state index in [0.29, 0.717) is 28.1 Å². The molecule has 0 aliphatic heterocycles. The standard InChI is InChI=1S/C23H7F2N7/c24-22-23(25)32-21-15(11(9-27)10-28)17(14(5-6-26)20(21)31-22)16-12-3-1-7-29-18(12)19-13(16)4-2-8-30-19/h1-5,7-8H/b14-5-. The van der Waals surface area contributed by atoms with Gasteiger partial charge in [-0.1, -0.05) is 12.1 Å². The minimum atomic E-state index is -1.48. The zero-order valence-corrected chi connectivity index (χ0v) is 15.9. The van der Waals surface area contributed by atoms with Crippen molar-refractivity contribution in [2.45, 2.75) is 0 Å². The molecule has 2 aliphatic rings. The number of hydrogen-bond acceptors (Lipinski definition) is 7. The molecule has 9 heteroatoms. The van der Waals surface area contributed by atoms with Gasteiger partial charge >= 0.3 is 0 Å². The molecule has 0 N–H and O–H groups in total. The van der Waals surface area contributed by atoms with Gasteiger partial charge in [-0.3, -0.25) is 9.97 Å². The van der Waals surface area contributed by atoms with E-state index >= 15 is 0 Å². The van der Waals surface area contributed by atoms with Crippen molar-refractivity contribution in [1.29, 1.82) is 15.8 Å². The molecule has 7 nitrogen and oxygen atoms in total. The smallest absolute Gasteiger partial charge is 0.254 e. The second-order valence-corrected chi connectivity index (χ2v) is 6.71. The van der Waals surface area contributed by atoms with Crippen LogP contribution in [-0.2, 0) is 0 Å². The van der Waals surface area contributed by atoms with Gasteiger partial charge in [-0.15, -0.1) is 0 Å². The van der Waals surface area contributed by atoms with Gasteiger partial charge in [-0.05, 0) is 12.1 Å². The lowest BCUT2D eigenvalue weighted by atomic mass is 9.90. The summed E-state index contributed by atoms with van der Waals surface area (Å²) >= 11 is 0. The maximum Gasteiger partial charge on any atom is 0.269 e. The molecule has 0 unspecified atom stereocenters. The minimum Gasteiger partial charge on any atom is -0.254 e. The highest BCUT2D eigenvalue weighted by Crippen LogP contribution is 2.53. The van der Waals surface area contributed by atoms with Gasteiger partial charge in [-0.2, -0.15) is 24.6 Å². The number of fused-ring (bicyclic) bond motifs is 4. The van der Waals surface area contributed by atoms with Gasteiger partial charge in [-0.25, -0.2) is 9.97 Å². The van der Waals surface area contributed by atoms with Crippen molar-refractivity contribution in [2.75, 3.05) is 0 Å². The number of allylic oxidation sites excluding steroid dienone is 5. The van der Waals surface area contributed by atoms with Crippen molar-refractivity contribution < 1.29 is 8.78 Å². The maximum atomic E-state index is 14.1. The average molecular weight is 419 g/mol. The van der Waals surface area contributed by atoms with Crippen molar-refractivity contribution >= 4 is 16.7 Å². The molecular formula is C23H7F2N7. The summed E-state index contributed by atoms with van der Waals surface area (Å²) in [4.78, 5) is 16.1. The molecular weight excluding hydrogens is 412 g/mol. The second kappa shape index (κ2) is 7.02. The lowest BCUT2D eigenvalue weighted by Gasteiger charge is -2.11. The highest BCUT2D eigenvalue weighted by atomic mass is 19.2. The third-order valence-corrected chi connectivity index (χ3v) is 5.14. The van der Waals surface area contributed by atoms with Crippen LogP contribution in [0.1, 0.15) is 22.5 Å². The zero-order chi connectivity index (χ0) is 22.4. The molecule has 0 amide bonds. The van der Waals surface area contributed by atoms with Crippen LogP contribution in [0.5, 0.6) is 0 Å². The summed E-state index contributed by atoms with van der Waals surface area (Å²) in [5, 5.41) is 28.7. The van der Waals surface area contributed by atoms with Gasteiger partial charge in [0.1, 0.15) is 29.1 Å². The van der Waals surface area contributed by atoms with E-state index in [2.05, 4.69) is 19.9 Å². The predicted octanol–water partition coefficient (Wildman–Crippen LogP) is 3.75. The Kier molecular flexibility index (Phi) is 4.15. The molecule has 32 heavy (non-hydrogen) atoms. The quantitative estimate of drug-likeness (QED) is 0.398. The molecule has 0 radical (unpaired) electrons. The van der Waals surface area contributed by atoms with Crippen LogP contribution in [0.25, 0.3) is 28.1 Å². The molecule has 5 rings (SSSR count). The molecule has 0 spiro atoms. The highest BCUT2D eigenvalue weighted by molar-refractivity contribution is 6.18. The van der Waals surface area contributed by atoms with E-state index in [1.807, 2.05) is 6.07 Å². The summed E-state index contributed by atoms with van der Waals surface area (Å²) in [6.07, 6.45) is 4.30. The normalized spacial score (nSPS) is 14.3. The van der Waals surface area contributed by atoms with Crippen LogP contribution in [0.4, 0.5) is 8.78 Å². The lowest BCUT2D eigenvalue weighted by Crippen LogP contribution is -2.01. The summed E-state index contributed by atoms with van der Waals surface area (Å²) in [7, 11) is 0. The molecule has 0 aromatic carbocycles. The van der Waals surface area contributed by atoms with Crippen molar-refractivity contribution in [3.05, 3.63) is 88.3 Å². The molecule has 0 bridgehead atoms. The van der Waals surface area contributed by atoms with Gasteiger partial charge in [0.2, 0.25) is 0 Å². The molecule has 0 fully saturated rings. The number of aromatic nitrogens is 4. The Labute approximate surface area is 179 Å². The molecule has 3 aromatic rings. The fourth-order valence-corrected chi connectivity index (χ4v) is 3.98. The number of pyridine rings is 2. The Balaban J connectivity index is 2.03. The summed E-state index contributed by atoms with van der Waals surface area (Å²) in [6.45, 7) is 0. The Bertz CT molecular complexity index is 1510. The summed E-state index contributed by atoms with van der Waals surface area (Å²) in [5.41, 5.74) is 2.52. The molecule has 0 saturated carbocycles. The average Bonchev–Trinajstić information content (AvgIpc) is 3.28. The van der Waals surface area contributed by atoms with Crippen molar-refractivity contribution in [1.82, 2.24) is 19.9 Å². The van der Waals surface area contributed by atoms with E-state index in [9.17, 15) is 24.6 Å². The van der Waals surface area contributed by atoms with Crippen LogP contribution < -0.4 is 0 Å². The third kappa shape index (κ3) is 2.48. The van der Waals surface area contributed by atoms with E-state index in [4.69, 9.17) is 0 Å². The third-order valence-electron chi connectivity index (χ3n) is 5.14. The number of rotatable bonds is 0.